The summed E-state index contributed by atoms with van der Waals surface area (Å²) in [6.45, 7) is 4.74. The SMILES string of the molecule is Cc1cc(C)n(Cc2ccc(C(=O)Nc3ccccc3Cc3ccccc3)cc2)n1. The van der Waals surface area contributed by atoms with Crippen LogP contribution in [0.25, 0.3) is 0 Å². The summed E-state index contributed by atoms with van der Waals surface area (Å²) < 4.78 is 1.98. The Kier molecular flexibility index (Phi) is 5.75. The average Bonchev–Trinajstić information content (AvgIpc) is 3.07. The smallest absolute Gasteiger partial charge is 0.255 e. The molecule has 30 heavy (non-hydrogen) atoms. The number of para-hydroxylation sites is 1. The van der Waals surface area contributed by atoms with E-state index in [1.54, 1.807) is 0 Å². The minimum Gasteiger partial charge on any atom is -0.322 e. The first kappa shape index (κ1) is 19.6. The third-order valence-electron chi connectivity index (χ3n) is 5.15. The lowest BCUT2D eigenvalue weighted by molar-refractivity contribution is 0.102. The summed E-state index contributed by atoms with van der Waals surface area (Å²) >= 11 is 0. The van der Waals surface area contributed by atoms with Crippen molar-refractivity contribution < 1.29 is 4.79 Å². The zero-order valence-electron chi connectivity index (χ0n) is 17.3. The van der Waals surface area contributed by atoms with Crippen LogP contribution in [0.2, 0.25) is 0 Å². The molecule has 1 heterocycles. The number of hydrogen-bond donors (Lipinski definition) is 1. The number of benzene rings is 3. The first-order valence-corrected chi connectivity index (χ1v) is 10.1. The summed E-state index contributed by atoms with van der Waals surface area (Å²) in [5.41, 5.74) is 7.05. The van der Waals surface area contributed by atoms with Crippen LogP contribution in [-0.4, -0.2) is 15.7 Å². The van der Waals surface area contributed by atoms with Crippen LogP contribution in [0, 0.1) is 13.8 Å². The molecular weight excluding hydrogens is 370 g/mol. The fourth-order valence-corrected chi connectivity index (χ4v) is 3.58. The van der Waals surface area contributed by atoms with Gasteiger partial charge in [0, 0.05) is 16.9 Å². The number of nitrogens with one attached hydrogen (secondary N) is 1. The van der Waals surface area contributed by atoms with Crippen molar-refractivity contribution >= 4 is 11.6 Å². The molecule has 0 radical (unpaired) electrons. The summed E-state index contributed by atoms with van der Waals surface area (Å²) in [6.07, 6.45) is 0.777. The normalized spacial score (nSPS) is 10.7. The van der Waals surface area contributed by atoms with Gasteiger partial charge in [-0.3, -0.25) is 9.48 Å². The average molecular weight is 396 g/mol. The molecule has 0 spiro atoms. The van der Waals surface area contributed by atoms with Gasteiger partial charge in [-0.2, -0.15) is 5.10 Å². The van der Waals surface area contributed by atoms with Crippen molar-refractivity contribution in [1.29, 1.82) is 0 Å². The first-order valence-electron chi connectivity index (χ1n) is 10.1. The lowest BCUT2D eigenvalue weighted by Gasteiger charge is -2.12. The standard InChI is InChI=1S/C26H25N3O/c1-19-16-20(2)29(28-19)18-22-12-14-23(15-13-22)26(30)27-25-11-7-6-10-24(25)17-21-8-4-3-5-9-21/h3-16H,17-18H2,1-2H3,(H,27,30). The second kappa shape index (κ2) is 8.78. The van der Waals surface area contributed by atoms with Crippen molar-refractivity contribution in [3.63, 3.8) is 0 Å². The number of rotatable bonds is 6. The van der Waals surface area contributed by atoms with Crippen LogP contribution < -0.4 is 5.32 Å². The summed E-state index contributed by atoms with van der Waals surface area (Å²) in [5, 5.41) is 7.57. The molecule has 0 aliphatic carbocycles. The zero-order chi connectivity index (χ0) is 20.9. The monoisotopic (exact) mass is 395 g/mol. The Bertz CT molecular complexity index is 1140. The van der Waals surface area contributed by atoms with Crippen molar-refractivity contribution in [2.45, 2.75) is 26.8 Å². The highest BCUT2D eigenvalue weighted by Gasteiger charge is 2.10. The molecule has 4 nitrogen and oxygen atoms in total. The van der Waals surface area contributed by atoms with E-state index in [4.69, 9.17) is 0 Å². The Morgan fingerprint density at radius 2 is 1.57 bits per heavy atom. The molecule has 0 saturated carbocycles. The fraction of sp³-hybridized carbons (Fsp3) is 0.154. The molecular formula is C26H25N3O. The van der Waals surface area contributed by atoms with Crippen LogP contribution in [0.15, 0.2) is 84.9 Å². The second-order valence-corrected chi connectivity index (χ2v) is 7.56. The van der Waals surface area contributed by atoms with Crippen molar-refractivity contribution in [3.8, 4) is 0 Å². The van der Waals surface area contributed by atoms with Gasteiger partial charge >= 0.3 is 0 Å². The van der Waals surface area contributed by atoms with E-state index in [1.165, 1.54) is 5.56 Å². The second-order valence-electron chi connectivity index (χ2n) is 7.56. The van der Waals surface area contributed by atoms with Crippen LogP contribution in [0.5, 0.6) is 0 Å². The molecule has 1 aromatic heterocycles. The van der Waals surface area contributed by atoms with Crippen LogP contribution in [-0.2, 0) is 13.0 Å². The van der Waals surface area contributed by atoms with Crippen molar-refractivity contribution in [2.24, 2.45) is 0 Å². The highest BCUT2D eigenvalue weighted by molar-refractivity contribution is 6.04. The van der Waals surface area contributed by atoms with Gasteiger partial charge in [-0.05, 0) is 61.2 Å². The van der Waals surface area contributed by atoms with Crippen molar-refractivity contribution in [1.82, 2.24) is 9.78 Å². The van der Waals surface area contributed by atoms with Gasteiger partial charge in [0.2, 0.25) is 0 Å². The molecule has 1 amide bonds. The predicted molar refractivity (Wildman–Crippen MR) is 121 cm³/mol. The van der Waals surface area contributed by atoms with Gasteiger partial charge in [0.25, 0.3) is 5.91 Å². The van der Waals surface area contributed by atoms with E-state index in [2.05, 4.69) is 41.6 Å². The minimum absolute atomic E-state index is 0.104. The molecule has 4 heteroatoms. The molecule has 0 unspecified atom stereocenters. The predicted octanol–water partition coefficient (Wildman–Crippen LogP) is 5.39. The van der Waals surface area contributed by atoms with E-state index in [-0.39, 0.29) is 5.91 Å². The van der Waals surface area contributed by atoms with Gasteiger partial charge < -0.3 is 5.32 Å². The van der Waals surface area contributed by atoms with E-state index >= 15 is 0 Å². The van der Waals surface area contributed by atoms with Gasteiger partial charge in [0.05, 0.1) is 12.2 Å². The minimum atomic E-state index is -0.104. The van der Waals surface area contributed by atoms with Crippen molar-refractivity contribution in [2.75, 3.05) is 5.32 Å². The van der Waals surface area contributed by atoms with E-state index in [1.807, 2.05) is 72.3 Å². The number of nitrogens with zero attached hydrogens (tertiary/aromatic N) is 2. The third kappa shape index (κ3) is 4.66. The number of aromatic nitrogens is 2. The van der Waals surface area contributed by atoms with E-state index in [9.17, 15) is 4.79 Å². The summed E-state index contributed by atoms with van der Waals surface area (Å²) in [6, 6.07) is 28.0. The third-order valence-corrected chi connectivity index (χ3v) is 5.15. The molecule has 150 valence electrons. The maximum atomic E-state index is 12.8. The highest BCUT2D eigenvalue weighted by atomic mass is 16.1. The number of aryl methyl sites for hydroxylation is 2. The fourth-order valence-electron chi connectivity index (χ4n) is 3.58. The Hall–Kier alpha value is -3.66. The van der Waals surface area contributed by atoms with Gasteiger partial charge in [0.1, 0.15) is 0 Å². The zero-order valence-corrected chi connectivity index (χ0v) is 17.3. The van der Waals surface area contributed by atoms with Gasteiger partial charge in [-0.15, -0.1) is 0 Å². The first-order chi connectivity index (χ1) is 14.6. The summed E-state index contributed by atoms with van der Waals surface area (Å²) in [7, 11) is 0. The van der Waals surface area contributed by atoms with Crippen LogP contribution in [0.4, 0.5) is 5.69 Å². The molecule has 0 aliphatic heterocycles. The summed E-state index contributed by atoms with van der Waals surface area (Å²) in [4.78, 5) is 12.8. The molecule has 0 saturated heterocycles. The maximum Gasteiger partial charge on any atom is 0.255 e. The number of hydrogen-bond acceptors (Lipinski definition) is 2. The quantitative estimate of drug-likeness (QED) is 0.476. The topological polar surface area (TPSA) is 46.9 Å². The Labute approximate surface area is 177 Å². The highest BCUT2D eigenvalue weighted by Crippen LogP contribution is 2.20. The van der Waals surface area contributed by atoms with Crippen LogP contribution >= 0.6 is 0 Å². The molecule has 0 atom stereocenters. The van der Waals surface area contributed by atoms with Gasteiger partial charge in [-0.1, -0.05) is 60.7 Å². The largest absolute Gasteiger partial charge is 0.322 e. The Balaban J connectivity index is 1.46. The molecule has 4 aromatic rings. The van der Waals surface area contributed by atoms with Crippen LogP contribution in [0.1, 0.15) is 38.4 Å². The van der Waals surface area contributed by atoms with Gasteiger partial charge in [-0.25, -0.2) is 0 Å². The van der Waals surface area contributed by atoms with E-state index in [0.29, 0.717) is 12.1 Å². The van der Waals surface area contributed by atoms with Crippen molar-refractivity contribution in [3.05, 3.63) is 119 Å². The summed E-state index contributed by atoms with van der Waals surface area (Å²) in [5.74, 6) is -0.104. The lowest BCUT2D eigenvalue weighted by atomic mass is 10.0. The number of anilines is 1. The molecule has 0 aliphatic rings. The molecule has 0 bridgehead atoms. The van der Waals surface area contributed by atoms with Gasteiger partial charge in [0.15, 0.2) is 0 Å². The molecule has 4 rings (SSSR count). The van der Waals surface area contributed by atoms with E-state index in [0.717, 1.165) is 34.6 Å². The molecule has 1 N–H and O–H groups in total. The van der Waals surface area contributed by atoms with Crippen LogP contribution in [0.3, 0.4) is 0 Å². The number of carbonyl (C=O) groups is 1. The molecule has 0 fully saturated rings. The number of amides is 1. The maximum absolute atomic E-state index is 12.8. The van der Waals surface area contributed by atoms with E-state index < -0.39 is 0 Å². The Morgan fingerprint density at radius 3 is 2.27 bits per heavy atom. The Morgan fingerprint density at radius 1 is 0.867 bits per heavy atom. The molecule has 3 aromatic carbocycles. The lowest BCUT2D eigenvalue weighted by Crippen LogP contribution is -2.13. The number of carbonyl (C=O) groups excluding carboxylic acids is 1.